The molecule has 0 radical (unpaired) electrons. The van der Waals surface area contributed by atoms with Crippen molar-refractivity contribution < 1.29 is 0 Å². The van der Waals surface area contributed by atoms with Gasteiger partial charge in [0.15, 0.2) is 0 Å². The zero-order valence-corrected chi connectivity index (χ0v) is 28.8. The third kappa shape index (κ3) is 6.65. The zero-order valence-electron chi connectivity index (χ0n) is 28.8. The topological polar surface area (TPSA) is 27.8 Å². The second-order valence-electron chi connectivity index (χ2n) is 13.5. The minimum absolute atomic E-state index is 0.0846. The first-order chi connectivity index (χ1) is 25.0. The lowest BCUT2D eigenvalue weighted by atomic mass is 9.77. The Morgan fingerprint density at radius 2 is 1.22 bits per heavy atom. The van der Waals surface area contributed by atoms with Crippen LogP contribution in [-0.2, 0) is 0 Å². The fourth-order valence-electron chi connectivity index (χ4n) is 7.01. The van der Waals surface area contributed by atoms with E-state index in [-0.39, 0.29) is 5.41 Å². The number of nitrogens with one attached hydrogen (secondary N) is 2. The molecule has 0 bridgehead atoms. The van der Waals surface area contributed by atoms with Crippen LogP contribution < -0.4 is 5.32 Å². The zero-order chi connectivity index (χ0) is 34.6. The number of allylic oxidation sites excluding steroid dienone is 6. The van der Waals surface area contributed by atoms with Crippen LogP contribution in [0.5, 0.6) is 0 Å². The molecule has 0 spiro atoms. The summed E-state index contributed by atoms with van der Waals surface area (Å²) in [6, 6.07) is 51.9. The SMILES string of the molecule is C=C1C=CC=CC1(C)C/C=C/c1c[nH]c2c(-c3ccccc3)cc(Nc3cc(-c4ccccc4)ccc3-c3ccc(-c4ccccc4)cc3)cc12. The fourth-order valence-corrected chi connectivity index (χ4v) is 7.01. The summed E-state index contributed by atoms with van der Waals surface area (Å²) < 4.78 is 0. The van der Waals surface area contributed by atoms with Gasteiger partial charge in [-0.2, -0.15) is 0 Å². The molecule has 2 N–H and O–H groups in total. The van der Waals surface area contributed by atoms with Gasteiger partial charge in [-0.3, -0.25) is 0 Å². The van der Waals surface area contributed by atoms with E-state index < -0.39 is 0 Å². The summed E-state index contributed by atoms with van der Waals surface area (Å²) in [5.41, 5.74) is 14.8. The van der Waals surface area contributed by atoms with Crippen molar-refractivity contribution >= 4 is 28.4 Å². The maximum atomic E-state index is 4.32. The van der Waals surface area contributed by atoms with Gasteiger partial charge in [-0.15, -0.1) is 0 Å². The molecule has 7 aromatic rings. The molecule has 2 nitrogen and oxygen atoms in total. The van der Waals surface area contributed by atoms with E-state index in [1.165, 1.54) is 33.2 Å². The standard InChI is InChI=1S/C49H40N2/c1-35-15-12-13-29-49(35,2)30-14-22-42-34-50-48-45(39-20-10-5-11-21-39)32-43(33-46(42)48)51-47-31-41(37-18-8-4-9-19-37)27-28-44(47)40-25-23-38(24-26-40)36-16-6-3-7-17-36/h3-29,31-34,50-51H,1,30H2,2H3/b22-14+. The first-order valence-corrected chi connectivity index (χ1v) is 17.6. The van der Waals surface area contributed by atoms with E-state index in [1.54, 1.807) is 0 Å². The minimum Gasteiger partial charge on any atom is -0.360 e. The van der Waals surface area contributed by atoms with Crippen molar-refractivity contribution in [3.05, 3.63) is 200 Å². The normalized spacial score (nSPS) is 15.5. The number of hydrogen-bond acceptors (Lipinski definition) is 1. The van der Waals surface area contributed by atoms with E-state index in [4.69, 9.17) is 0 Å². The number of aromatic amines is 1. The predicted octanol–water partition coefficient (Wildman–Crippen LogP) is 13.7. The number of benzene rings is 6. The number of aromatic nitrogens is 1. The van der Waals surface area contributed by atoms with Crippen molar-refractivity contribution in [1.82, 2.24) is 4.98 Å². The van der Waals surface area contributed by atoms with E-state index >= 15 is 0 Å². The Morgan fingerprint density at radius 1 is 0.627 bits per heavy atom. The average molecular weight is 657 g/mol. The van der Waals surface area contributed by atoms with Crippen LogP contribution in [0.25, 0.3) is 61.5 Å². The Balaban J connectivity index is 1.21. The Bertz CT molecular complexity index is 2410. The molecule has 1 heterocycles. The molecule has 0 fully saturated rings. The predicted molar refractivity (Wildman–Crippen MR) is 219 cm³/mol. The smallest absolute Gasteiger partial charge is 0.0541 e. The van der Waals surface area contributed by atoms with Crippen molar-refractivity contribution in [2.24, 2.45) is 5.41 Å². The number of anilines is 2. The third-order valence-electron chi connectivity index (χ3n) is 10.1. The molecule has 0 amide bonds. The molecule has 246 valence electrons. The lowest BCUT2D eigenvalue weighted by Crippen LogP contribution is -2.15. The van der Waals surface area contributed by atoms with Gasteiger partial charge in [-0.1, -0.05) is 177 Å². The Hall–Kier alpha value is -6.38. The maximum absolute atomic E-state index is 4.32. The molecule has 1 atom stereocenters. The highest BCUT2D eigenvalue weighted by Gasteiger charge is 2.23. The summed E-state index contributed by atoms with van der Waals surface area (Å²) >= 11 is 0. The van der Waals surface area contributed by atoms with Crippen LogP contribution in [0.15, 0.2) is 194 Å². The van der Waals surface area contributed by atoms with Crippen molar-refractivity contribution in [3.63, 3.8) is 0 Å². The van der Waals surface area contributed by atoms with Crippen LogP contribution in [0, 0.1) is 5.41 Å². The lowest BCUT2D eigenvalue weighted by molar-refractivity contribution is 0.535. The molecular weight excluding hydrogens is 617 g/mol. The van der Waals surface area contributed by atoms with E-state index in [9.17, 15) is 0 Å². The van der Waals surface area contributed by atoms with Crippen LogP contribution in [0.3, 0.4) is 0 Å². The first-order valence-electron chi connectivity index (χ1n) is 17.6. The Kier molecular flexibility index (Phi) is 8.66. The summed E-state index contributed by atoms with van der Waals surface area (Å²) in [4.78, 5) is 3.62. The number of rotatable bonds is 9. The quantitative estimate of drug-likeness (QED) is 0.159. The molecule has 1 unspecified atom stereocenters. The van der Waals surface area contributed by atoms with Crippen LogP contribution in [0.1, 0.15) is 18.9 Å². The fraction of sp³-hybridized carbons (Fsp3) is 0.0612. The molecule has 8 rings (SSSR count). The second kappa shape index (κ2) is 13.9. The summed E-state index contributed by atoms with van der Waals surface area (Å²) in [5.74, 6) is 0. The molecule has 51 heavy (non-hydrogen) atoms. The Morgan fingerprint density at radius 3 is 1.90 bits per heavy atom. The summed E-state index contributed by atoms with van der Waals surface area (Å²) in [5, 5.41) is 5.07. The van der Waals surface area contributed by atoms with Crippen LogP contribution in [0.4, 0.5) is 11.4 Å². The van der Waals surface area contributed by atoms with Gasteiger partial charge in [0, 0.05) is 39.5 Å². The van der Waals surface area contributed by atoms with E-state index in [2.05, 4.69) is 212 Å². The van der Waals surface area contributed by atoms with Crippen LogP contribution in [0.2, 0.25) is 0 Å². The summed E-state index contributed by atoms with van der Waals surface area (Å²) in [7, 11) is 0. The van der Waals surface area contributed by atoms with Gasteiger partial charge in [0.05, 0.1) is 5.52 Å². The van der Waals surface area contributed by atoms with Crippen molar-refractivity contribution in [2.75, 3.05) is 5.32 Å². The van der Waals surface area contributed by atoms with Gasteiger partial charge in [0.2, 0.25) is 0 Å². The van der Waals surface area contributed by atoms with Gasteiger partial charge in [0.25, 0.3) is 0 Å². The largest absolute Gasteiger partial charge is 0.360 e. The number of fused-ring (bicyclic) bond motifs is 1. The van der Waals surface area contributed by atoms with Crippen LogP contribution in [-0.4, -0.2) is 4.98 Å². The number of H-pyrrole nitrogens is 1. The summed E-state index contributed by atoms with van der Waals surface area (Å²) in [6.45, 7) is 6.57. The van der Waals surface area contributed by atoms with Gasteiger partial charge in [0.1, 0.15) is 0 Å². The van der Waals surface area contributed by atoms with Crippen LogP contribution >= 0.6 is 0 Å². The molecule has 0 aliphatic heterocycles. The van der Waals surface area contributed by atoms with E-state index in [0.29, 0.717) is 0 Å². The third-order valence-corrected chi connectivity index (χ3v) is 10.1. The van der Waals surface area contributed by atoms with Crippen molar-refractivity contribution in [2.45, 2.75) is 13.3 Å². The highest BCUT2D eigenvalue weighted by molar-refractivity contribution is 6.02. The van der Waals surface area contributed by atoms with E-state index in [1.807, 2.05) is 0 Å². The molecule has 1 aliphatic carbocycles. The highest BCUT2D eigenvalue weighted by atomic mass is 14.9. The molecule has 0 saturated carbocycles. The monoisotopic (exact) mass is 656 g/mol. The molecule has 0 saturated heterocycles. The molecular formula is C49H40N2. The van der Waals surface area contributed by atoms with Gasteiger partial charge >= 0.3 is 0 Å². The van der Waals surface area contributed by atoms with Crippen molar-refractivity contribution in [3.8, 4) is 44.5 Å². The van der Waals surface area contributed by atoms with Gasteiger partial charge in [-0.05, 0) is 69.1 Å². The molecule has 6 aromatic carbocycles. The summed E-state index contributed by atoms with van der Waals surface area (Å²) in [6.07, 6.45) is 16.1. The maximum Gasteiger partial charge on any atom is 0.0541 e. The number of hydrogen-bond donors (Lipinski definition) is 2. The molecule has 1 aliphatic rings. The molecule has 1 aromatic heterocycles. The lowest BCUT2D eigenvalue weighted by Gasteiger charge is -2.27. The van der Waals surface area contributed by atoms with E-state index in [0.717, 1.165) is 51.1 Å². The van der Waals surface area contributed by atoms with Gasteiger partial charge < -0.3 is 10.3 Å². The average Bonchev–Trinajstić information content (AvgIpc) is 3.59. The highest BCUT2D eigenvalue weighted by Crippen LogP contribution is 2.40. The minimum atomic E-state index is -0.0846. The van der Waals surface area contributed by atoms with Crippen molar-refractivity contribution in [1.29, 1.82) is 0 Å². The first kappa shape index (κ1) is 31.9. The van der Waals surface area contributed by atoms with Gasteiger partial charge in [-0.25, -0.2) is 0 Å². The molecule has 2 heteroatoms. The second-order valence-corrected chi connectivity index (χ2v) is 13.5. The Labute approximate surface area is 300 Å².